The maximum Gasteiger partial charge on any atom is 0.315 e. The molecule has 1 aliphatic carbocycles. The molecule has 0 radical (unpaired) electrons. The van der Waals surface area contributed by atoms with Crippen molar-refractivity contribution >= 4 is 17.6 Å². The second-order valence-electron chi connectivity index (χ2n) is 9.32. The summed E-state index contributed by atoms with van der Waals surface area (Å²) in [5, 5.41) is 8.92. The van der Waals surface area contributed by atoms with Crippen molar-refractivity contribution in [1.29, 1.82) is 0 Å². The lowest BCUT2D eigenvalue weighted by Crippen LogP contribution is -2.38. The highest BCUT2D eigenvalue weighted by Crippen LogP contribution is 2.30. The van der Waals surface area contributed by atoms with Gasteiger partial charge in [0.2, 0.25) is 5.91 Å². The van der Waals surface area contributed by atoms with E-state index in [9.17, 15) is 9.59 Å². The molecule has 1 fully saturated rings. The number of amides is 3. The maximum absolute atomic E-state index is 12.5. The number of anilines is 1. The van der Waals surface area contributed by atoms with Gasteiger partial charge in [-0.15, -0.1) is 0 Å². The van der Waals surface area contributed by atoms with Crippen molar-refractivity contribution < 1.29 is 9.59 Å². The van der Waals surface area contributed by atoms with E-state index < -0.39 is 0 Å². The first-order valence-electron chi connectivity index (χ1n) is 10.7. The largest absolute Gasteiger partial charge is 0.332 e. The predicted molar refractivity (Wildman–Crippen MR) is 121 cm³/mol. The minimum absolute atomic E-state index is 0.0915. The Kier molecular flexibility index (Phi) is 6.49. The lowest BCUT2D eigenvalue weighted by molar-refractivity contribution is -0.117. The molecule has 0 bridgehead atoms. The third-order valence-corrected chi connectivity index (χ3v) is 5.60. The molecule has 0 spiro atoms. The molecule has 1 aliphatic rings. The third kappa shape index (κ3) is 5.85. The lowest BCUT2D eigenvalue weighted by atomic mass is 9.86. The van der Waals surface area contributed by atoms with Gasteiger partial charge in [0.05, 0.1) is 12.1 Å². The summed E-state index contributed by atoms with van der Waals surface area (Å²) in [6.07, 6.45) is 1.97. The van der Waals surface area contributed by atoms with Crippen LogP contribution in [0.1, 0.15) is 76.2 Å². The van der Waals surface area contributed by atoms with Crippen LogP contribution in [0.15, 0.2) is 48.5 Å². The highest BCUT2D eigenvalue weighted by molar-refractivity contribution is 5.94. The monoisotopic (exact) mass is 407 g/mol. The Bertz CT molecular complexity index is 878. The van der Waals surface area contributed by atoms with Crippen LogP contribution in [0, 0.1) is 5.92 Å². The molecule has 0 heterocycles. The Morgan fingerprint density at radius 3 is 1.73 bits per heavy atom. The van der Waals surface area contributed by atoms with E-state index in [1.165, 1.54) is 5.56 Å². The van der Waals surface area contributed by atoms with E-state index in [-0.39, 0.29) is 35.4 Å². The van der Waals surface area contributed by atoms with Crippen molar-refractivity contribution in [3.05, 3.63) is 65.2 Å². The molecule has 160 valence electrons. The molecule has 2 aromatic carbocycles. The number of urea groups is 1. The molecule has 0 aliphatic heterocycles. The standard InChI is InChI=1S/C25H33N3O2/c1-16(18-8-12-21(13-9-18)25(3,4)5)26-24(30)27-17(2)19-10-14-22(15-11-19)28-23(29)20-6-7-20/h8-17,20H,6-7H2,1-5H3,(H,28,29)(H2,26,27,30). The van der Waals surface area contributed by atoms with Crippen LogP contribution in [-0.4, -0.2) is 11.9 Å². The Balaban J connectivity index is 1.51. The second-order valence-corrected chi connectivity index (χ2v) is 9.32. The van der Waals surface area contributed by atoms with Crippen LogP contribution in [0.2, 0.25) is 0 Å². The zero-order valence-corrected chi connectivity index (χ0v) is 18.6. The Morgan fingerprint density at radius 1 is 0.833 bits per heavy atom. The van der Waals surface area contributed by atoms with Gasteiger partial charge in [-0.2, -0.15) is 0 Å². The third-order valence-electron chi connectivity index (χ3n) is 5.60. The lowest BCUT2D eigenvalue weighted by Gasteiger charge is -2.21. The van der Waals surface area contributed by atoms with E-state index in [4.69, 9.17) is 0 Å². The van der Waals surface area contributed by atoms with E-state index in [0.29, 0.717) is 0 Å². The second kappa shape index (κ2) is 8.90. The van der Waals surface area contributed by atoms with E-state index in [1.54, 1.807) is 0 Å². The zero-order chi connectivity index (χ0) is 21.9. The Morgan fingerprint density at radius 2 is 1.30 bits per heavy atom. The number of rotatable bonds is 6. The molecule has 0 aromatic heterocycles. The SMILES string of the molecule is CC(NC(=O)NC(C)c1ccc(C(C)(C)C)cc1)c1ccc(NC(=O)C2CC2)cc1. The van der Waals surface area contributed by atoms with Gasteiger partial charge in [0.1, 0.15) is 0 Å². The average molecular weight is 408 g/mol. The van der Waals surface area contributed by atoms with Gasteiger partial charge >= 0.3 is 6.03 Å². The van der Waals surface area contributed by atoms with Gasteiger partial charge in [-0.05, 0) is 60.9 Å². The van der Waals surface area contributed by atoms with Gasteiger partial charge in [0.25, 0.3) is 0 Å². The van der Waals surface area contributed by atoms with Crippen LogP contribution < -0.4 is 16.0 Å². The number of hydrogen-bond acceptors (Lipinski definition) is 2. The summed E-state index contributed by atoms with van der Waals surface area (Å²) in [6.45, 7) is 10.5. The van der Waals surface area contributed by atoms with E-state index in [2.05, 4.69) is 61.0 Å². The minimum atomic E-state index is -0.207. The normalized spacial score (nSPS) is 15.8. The van der Waals surface area contributed by atoms with Crippen LogP contribution in [0.5, 0.6) is 0 Å². The smallest absolute Gasteiger partial charge is 0.315 e. The number of hydrogen-bond donors (Lipinski definition) is 3. The van der Waals surface area contributed by atoms with Crippen molar-refractivity contribution in [1.82, 2.24) is 10.6 Å². The fraction of sp³-hybridized carbons (Fsp3) is 0.440. The quantitative estimate of drug-likeness (QED) is 0.595. The van der Waals surface area contributed by atoms with Gasteiger partial charge in [-0.3, -0.25) is 4.79 Å². The van der Waals surface area contributed by atoms with Crippen LogP contribution in [0.3, 0.4) is 0 Å². The first kappa shape index (κ1) is 21.9. The van der Waals surface area contributed by atoms with Crippen molar-refractivity contribution in [2.75, 3.05) is 5.32 Å². The number of benzene rings is 2. The molecule has 5 heteroatoms. The molecule has 2 unspecified atom stereocenters. The summed E-state index contributed by atoms with van der Waals surface area (Å²) in [6, 6.07) is 15.6. The van der Waals surface area contributed by atoms with Crippen molar-refractivity contribution in [2.24, 2.45) is 5.92 Å². The summed E-state index contributed by atoms with van der Waals surface area (Å²) < 4.78 is 0. The van der Waals surface area contributed by atoms with Gasteiger partial charge < -0.3 is 16.0 Å². The molecule has 5 nitrogen and oxygen atoms in total. The van der Waals surface area contributed by atoms with Gasteiger partial charge in [0.15, 0.2) is 0 Å². The van der Waals surface area contributed by atoms with Crippen LogP contribution in [0.4, 0.5) is 10.5 Å². The first-order chi connectivity index (χ1) is 14.1. The molecule has 3 amide bonds. The number of carbonyl (C=O) groups is 2. The molecule has 2 atom stereocenters. The zero-order valence-electron chi connectivity index (χ0n) is 18.6. The highest BCUT2D eigenvalue weighted by atomic mass is 16.2. The molecule has 1 saturated carbocycles. The van der Waals surface area contributed by atoms with Crippen molar-refractivity contribution in [3.63, 3.8) is 0 Å². The summed E-state index contributed by atoms with van der Waals surface area (Å²) in [5.41, 5.74) is 4.23. The number of nitrogens with one attached hydrogen (secondary N) is 3. The molecule has 3 N–H and O–H groups in total. The van der Waals surface area contributed by atoms with Crippen LogP contribution in [-0.2, 0) is 10.2 Å². The maximum atomic E-state index is 12.5. The van der Waals surface area contributed by atoms with Crippen molar-refractivity contribution in [2.45, 2.75) is 65.0 Å². The molecule has 30 heavy (non-hydrogen) atoms. The molecular formula is C25H33N3O2. The summed E-state index contributed by atoms with van der Waals surface area (Å²) in [7, 11) is 0. The molecule has 2 aromatic rings. The fourth-order valence-electron chi connectivity index (χ4n) is 3.32. The molecule has 3 rings (SSSR count). The van der Waals surface area contributed by atoms with Crippen LogP contribution in [0.25, 0.3) is 0 Å². The van der Waals surface area contributed by atoms with Crippen LogP contribution >= 0.6 is 0 Å². The molecular weight excluding hydrogens is 374 g/mol. The summed E-state index contributed by atoms with van der Waals surface area (Å²) in [5.74, 6) is 0.276. The molecule has 0 saturated heterocycles. The van der Waals surface area contributed by atoms with Crippen molar-refractivity contribution in [3.8, 4) is 0 Å². The summed E-state index contributed by atoms with van der Waals surface area (Å²) in [4.78, 5) is 24.3. The Hall–Kier alpha value is -2.82. The fourth-order valence-corrected chi connectivity index (χ4v) is 3.32. The first-order valence-corrected chi connectivity index (χ1v) is 10.7. The van der Waals surface area contributed by atoms with E-state index in [1.807, 2.05) is 38.1 Å². The van der Waals surface area contributed by atoms with E-state index >= 15 is 0 Å². The summed E-state index contributed by atoms with van der Waals surface area (Å²) >= 11 is 0. The van der Waals surface area contributed by atoms with Gasteiger partial charge in [0, 0.05) is 11.6 Å². The predicted octanol–water partition coefficient (Wildman–Crippen LogP) is 5.45. The minimum Gasteiger partial charge on any atom is -0.332 e. The van der Waals surface area contributed by atoms with Gasteiger partial charge in [-0.1, -0.05) is 57.2 Å². The highest BCUT2D eigenvalue weighted by Gasteiger charge is 2.29. The average Bonchev–Trinajstić information content (AvgIpc) is 3.53. The Labute approximate surface area is 179 Å². The van der Waals surface area contributed by atoms with Gasteiger partial charge in [-0.25, -0.2) is 4.79 Å². The number of carbonyl (C=O) groups excluding carboxylic acids is 2. The topological polar surface area (TPSA) is 70.2 Å². The van der Waals surface area contributed by atoms with E-state index in [0.717, 1.165) is 29.7 Å².